The van der Waals surface area contributed by atoms with E-state index in [2.05, 4.69) is 20.8 Å². The molecule has 2 aromatic rings. The smallest absolute Gasteiger partial charge is 0.216 e. The van der Waals surface area contributed by atoms with Crippen molar-refractivity contribution >= 4 is 27.5 Å². The molecule has 2 rings (SSSR count). The van der Waals surface area contributed by atoms with E-state index < -0.39 is 9.84 Å². The number of allylic oxidation sites excluding steroid dienone is 1. The topological polar surface area (TPSA) is 57.9 Å². The molecule has 0 aliphatic heterocycles. The summed E-state index contributed by atoms with van der Waals surface area (Å²) in [6.45, 7) is 6.30. The Kier molecular flexibility index (Phi) is 5.17. The van der Waals surface area contributed by atoms with Gasteiger partial charge in [0.05, 0.1) is 4.90 Å². The van der Waals surface area contributed by atoms with Gasteiger partial charge in [-0.15, -0.1) is 0 Å². The molecule has 0 atom stereocenters. The third-order valence-corrected chi connectivity index (χ3v) is 5.53. The molecule has 24 heavy (non-hydrogen) atoms. The maximum Gasteiger partial charge on any atom is 0.216 e. The third-order valence-electron chi connectivity index (χ3n) is 3.60. The predicted molar refractivity (Wildman–Crippen MR) is 97.4 cm³/mol. The van der Waals surface area contributed by atoms with E-state index in [1.165, 1.54) is 30.3 Å². The van der Waals surface area contributed by atoms with E-state index in [-0.39, 0.29) is 15.2 Å². The molecule has 0 N–H and O–H groups in total. The lowest BCUT2D eigenvalue weighted by atomic mass is 9.87. The molecular formula is C19H18ClNO2S. The van der Waals surface area contributed by atoms with Gasteiger partial charge in [-0.1, -0.05) is 56.6 Å². The summed E-state index contributed by atoms with van der Waals surface area (Å²) >= 11 is 5.78. The van der Waals surface area contributed by atoms with Gasteiger partial charge in [-0.05, 0) is 46.9 Å². The Balaban J connectivity index is 2.42. The number of hydrogen-bond acceptors (Lipinski definition) is 3. The Labute approximate surface area is 148 Å². The van der Waals surface area contributed by atoms with E-state index in [4.69, 9.17) is 11.6 Å². The van der Waals surface area contributed by atoms with Crippen molar-refractivity contribution < 1.29 is 8.42 Å². The van der Waals surface area contributed by atoms with Crippen LogP contribution >= 0.6 is 11.6 Å². The van der Waals surface area contributed by atoms with Crippen LogP contribution in [0.15, 0.2) is 58.3 Å². The van der Waals surface area contributed by atoms with Gasteiger partial charge in [0.1, 0.15) is 11.0 Å². The van der Waals surface area contributed by atoms with Crippen LogP contribution in [0.2, 0.25) is 5.02 Å². The molecule has 0 spiro atoms. The highest BCUT2D eigenvalue weighted by Crippen LogP contribution is 2.25. The van der Waals surface area contributed by atoms with Gasteiger partial charge >= 0.3 is 0 Å². The summed E-state index contributed by atoms with van der Waals surface area (Å²) in [5.41, 5.74) is 1.81. The molecule has 0 saturated carbocycles. The average Bonchev–Trinajstić information content (AvgIpc) is 2.52. The number of hydrogen-bond donors (Lipinski definition) is 0. The number of nitriles is 1. The van der Waals surface area contributed by atoms with Crippen LogP contribution in [-0.2, 0) is 15.3 Å². The second-order valence-electron chi connectivity index (χ2n) is 6.45. The van der Waals surface area contributed by atoms with Crippen LogP contribution in [0.5, 0.6) is 0 Å². The van der Waals surface area contributed by atoms with Crippen LogP contribution in [-0.4, -0.2) is 8.42 Å². The fourth-order valence-corrected chi connectivity index (χ4v) is 3.43. The summed E-state index contributed by atoms with van der Waals surface area (Å²) in [7, 11) is -3.86. The number of sulfone groups is 1. The summed E-state index contributed by atoms with van der Waals surface area (Å²) in [5.74, 6) is 0. The second kappa shape index (κ2) is 6.80. The monoisotopic (exact) mass is 359 g/mol. The lowest BCUT2D eigenvalue weighted by Gasteiger charge is -2.18. The standard InChI is InChI=1S/C19H18ClNO2S/c1-19(2,3)15-6-4-14(5-7-15)12-18(13-21)24(22,23)17-10-8-16(20)9-11-17/h4-12H,1-3H3. The summed E-state index contributed by atoms with van der Waals surface area (Å²) in [6.07, 6.45) is 1.39. The maximum absolute atomic E-state index is 12.6. The molecule has 5 heteroatoms. The van der Waals surface area contributed by atoms with Gasteiger partial charge in [0, 0.05) is 5.02 Å². The van der Waals surface area contributed by atoms with E-state index in [1.54, 1.807) is 6.07 Å². The fraction of sp³-hybridized carbons (Fsp3) is 0.211. The van der Waals surface area contributed by atoms with Crippen molar-refractivity contribution in [3.8, 4) is 6.07 Å². The van der Waals surface area contributed by atoms with Crippen molar-refractivity contribution in [3.63, 3.8) is 0 Å². The van der Waals surface area contributed by atoms with Gasteiger partial charge in [0.25, 0.3) is 0 Å². The summed E-state index contributed by atoms with van der Waals surface area (Å²) < 4.78 is 25.1. The summed E-state index contributed by atoms with van der Waals surface area (Å²) in [5, 5.41) is 9.74. The Bertz CT molecular complexity index is 898. The van der Waals surface area contributed by atoms with Gasteiger partial charge in [0.15, 0.2) is 0 Å². The van der Waals surface area contributed by atoms with E-state index in [0.29, 0.717) is 10.6 Å². The molecular weight excluding hydrogens is 342 g/mol. The van der Waals surface area contributed by atoms with Crippen LogP contribution in [0.3, 0.4) is 0 Å². The molecule has 0 bridgehead atoms. The number of benzene rings is 2. The first-order valence-electron chi connectivity index (χ1n) is 7.37. The molecule has 0 fully saturated rings. The van der Waals surface area contributed by atoms with Gasteiger partial charge in [-0.3, -0.25) is 0 Å². The van der Waals surface area contributed by atoms with Crippen molar-refractivity contribution in [1.82, 2.24) is 0 Å². The van der Waals surface area contributed by atoms with Gasteiger partial charge < -0.3 is 0 Å². The Morgan fingerprint density at radius 2 is 1.58 bits per heavy atom. The van der Waals surface area contributed by atoms with Crippen molar-refractivity contribution in [2.45, 2.75) is 31.1 Å². The molecule has 0 heterocycles. The maximum atomic E-state index is 12.6. The largest absolute Gasteiger partial charge is 0.218 e. The van der Waals surface area contributed by atoms with Crippen LogP contribution in [0.25, 0.3) is 6.08 Å². The normalized spacial score (nSPS) is 12.7. The van der Waals surface area contributed by atoms with Gasteiger partial charge in [0.2, 0.25) is 9.84 Å². The minimum Gasteiger partial charge on any atom is -0.218 e. The summed E-state index contributed by atoms with van der Waals surface area (Å²) in [4.78, 5) is -0.251. The van der Waals surface area contributed by atoms with E-state index in [9.17, 15) is 13.7 Å². The van der Waals surface area contributed by atoms with Crippen molar-refractivity contribution in [2.75, 3.05) is 0 Å². The number of nitrogens with zero attached hydrogens (tertiary/aromatic N) is 1. The molecule has 0 radical (unpaired) electrons. The van der Waals surface area contributed by atoms with Gasteiger partial charge in [-0.25, -0.2) is 8.42 Å². The van der Waals surface area contributed by atoms with E-state index in [0.717, 1.165) is 5.56 Å². The first kappa shape index (κ1) is 18.3. The molecule has 0 unspecified atom stereocenters. The zero-order valence-electron chi connectivity index (χ0n) is 13.7. The first-order chi connectivity index (χ1) is 11.1. The number of rotatable bonds is 3. The van der Waals surface area contributed by atoms with Crippen molar-refractivity contribution in [1.29, 1.82) is 5.26 Å². The lowest BCUT2D eigenvalue weighted by molar-refractivity contribution is 0.590. The average molecular weight is 360 g/mol. The highest BCUT2D eigenvalue weighted by molar-refractivity contribution is 7.95. The summed E-state index contributed by atoms with van der Waals surface area (Å²) in [6, 6.07) is 15.1. The molecule has 124 valence electrons. The van der Waals surface area contributed by atoms with Gasteiger partial charge in [-0.2, -0.15) is 5.26 Å². The minimum absolute atomic E-state index is 0.00961. The third kappa shape index (κ3) is 4.05. The molecule has 0 aliphatic carbocycles. The van der Waals surface area contributed by atoms with Crippen molar-refractivity contribution in [3.05, 3.63) is 69.6 Å². The minimum atomic E-state index is -3.86. The lowest BCUT2D eigenvalue weighted by Crippen LogP contribution is -2.10. The zero-order valence-corrected chi connectivity index (χ0v) is 15.3. The molecule has 0 saturated heterocycles. The molecule has 0 amide bonds. The molecule has 2 aromatic carbocycles. The predicted octanol–water partition coefficient (Wildman–Crippen LogP) is 4.98. The van der Waals surface area contributed by atoms with Crippen LogP contribution in [0, 0.1) is 11.3 Å². The van der Waals surface area contributed by atoms with Crippen molar-refractivity contribution in [2.24, 2.45) is 0 Å². The SMILES string of the molecule is CC(C)(C)c1ccc(C=C(C#N)S(=O)(=O)c2ccc(Cl)cc2)cc1. The second-order valence-corrected chi connectivity index (χ2v) is 8.80. The highest BCUT2D eigenvalue weighted by Gasteiger charge is 2.21. The van der Waals surface area contributed by atoms with Crippen LogP contribution in [0.4, 0.5) is 0 Å². The Morgan fingerprint density at radius 3 is 2.04 bits per heavy atom. The quantitative estimate of drug-likeness (QED) is 0.726. The first-order valence-corrected chi connectivity index (χ1v) is 9.24. The number of halogens is 1. The van der Waals surface area contributed by atoms with Crippen LogP contribution in [0.1, 0.15) is 31.9 Å². The fourth-order valence-electron chi connectivity index (χ4n) is 2.14. The zero-order chi connectivity index (χ0) is 18.0. The molecule has 0 aliphatic rings. The Hall–Kier alpha value is -2.09. The van der Waals surface area contributed by atoms with Crippen LogP contribution < -0.4 is 0 Å². The molecule has 3 nitrogen and oxygen atoms in total. The molecule has 0 aromatic heterocycles. The van der Waals surface area contributed by atoms with E-state index in [1.807, 2.05) is 24.3 Å². The Morgan fingerprint density at radius 1 is 1.04 bits per heavy atom. The highest BCUT2D eigenvalue weighted by atomic mass is 35.5. The van der Waals surface area contributed by atoms with E-state index >= 15 is 0 Å².